The lowest BCUT2D eigenvalue weighted by molar-refractivity contribution is -0.295. The van der Waals surface area contributed by atoms with Crippen molar-refractivity contribution in [3.05, 3.63) is 30.1 Å². The van der Waals surface area contributed by atoms with Gasteiger partial charge < -0.3 is 4.74 Å². The van der Waals surface area contributed by atoms with Crippen LogP contribution in [0.3, 0.4) is 0 Å². The second-order valence-corrected chi connectivity index (χ2v) is 6.07. The van der Waals surface area contributed by atoms with E-state index < -0.39 is 0 Å². The highest BCUT2D eigenvalue weighted by atomic mass is 16.6. The van der Waals surface area contributed by atoms with Crippen molar-refractivity contribution in [3.63, 3.8) is 0 Å². The van der Waals surface area contributed by atoms with E-state index in [0.717, 1.165) is 6.42 Å². The number of hydrogen-bond acceptors (Lipinski definition) is 2. The standard InChI is InChI=1S/C15H23NO/c1-14(2)13(15(3,4)17-14)10-7-9-12-8-5-6-11-16-12/h5-6,8,11,13H,7,9-10H2,1-4H3. The Bertz CT molecular complexity index is 356. The molecule has 0 N–H and O–H groups in total. The molecule has 2 heteroatoms. The molecule has 0 radical (unpaired) electrons. The fourth-order valence-corrected chi connectivity index (χ4v) is 3.33. The van der Waals surface area contributed by atoms with Crippen LogP contribution in [0.15, 0.2) is 24.4 Å². The molecule has 1 aliphatic heterocycles. The van der Waals surface area contributed by atoms with E-state index in [1.807, 2.05) is 12.3 Å². The molecule has 1 aromatic rings. The van der Waals surface area contributed by atoms with Gasteiger partial charge in [-0.2, -0.15) is 0 Å². The molecule has 1 aliphatic rings. The van der Waals surface area contributed by atoms with Crippen molar-refractivity contribution in [1.82, 2.24) is 4.98 Å². The maximum atomic E-state index is 5.91. The molecule has 2 nitrogen and oxygen atoms in total. The monoisotopic (exact) mass is 233 g/mol. The summed E-state index contributed by atoms with van der Waals surface area (Å²) in [6.07, 6.45) is 5.35. The third-order valence-corrected chi connectivity index (χ3v) is 3.86. The SMILES string of the molecule is CC1(C)OC(C)(C)C1CCCc1ccccn1. The van der Waals surface area contributed by atoms with Crippen molar-refractivity contribution in [3.8, 4) is 0 Å². The number of pyridine rings is 1. The highest BCUT2D eigenvalue weighted by molar-refractivity contribution is 5.05. The van der Waals surface area contributed by atoms with E-state index in [2.05, 4.69) is 44.8 Å². The summed E-state index contributed by atoms with van der Waals surface area (Å²) >= 11 is 0. The topological polar surface area (TPSA) is 22.1 Å². The lowest BCUT2D eigenvalue weighted by Crippen LogP contribution is -2.62. The van der Waals surface area contributed by atoms with Crippen LogP contribution >= 0.6 is 0 Å². The molecule has 0 spiro atoms. The fourth-order valence-electron chi connectivity index (χ4n) is 3.33. The van der Waals surface area contributed by atoms with Gasteiger partial charge in [-0.1, -0.05) is 6.07 Å². The van der Waals surface area contributed by atoms with Crippen molar-refractivity contribution in [2.45, 2.75) is 58.2 Å². The lowest BCUT2D eigenvalue weighted by Gasteiger charge is -2.57. The molecule has 1 fully saturated rings. The Hall–Kier alpha value is -0.890. The molecule has 1 saturated heterocycles. The molecule has 0 bridgehead atoms. The first kappa shape index (κ1) is 12.6. The van der Waals surface area contributed by atoms with Crippen LogP contribution in [-0.4, -0.2) is 16.2 Å². The van der Waals surface area contributed by atoms with Gasteiger partial charge in [0.05, 0.1) is 11.2 Å². The third kappa shape index (κ3) is 2.68. The van der Waals surface area contributed by atoms with Crippen LogP contribution in [-0.2, 0) is 11.2 Å². The van der Waals surface area contributed by atoms with Gasteiger partial charge in [-0.15, -0.1) is 0 Å². The Morgan fingerprint density at radius 3 is 2.41 bits per heavy atom. The average Bonchev–Trinajstić information content (AvgIpc) is 2.24. The number of hydrogen-bond donors (Lipinski definition) is 0. The predicted octanol–water partition coefficient (Wildman–Crippen LogP) is 3.61. The van der Waals surface area contributed by atoms with Crippen molar-refractivity contribution < 1.29 is 4.74 Å². The smallest absolute Gasteiger partial charge is 0.0689 e. The van der Waals surface area contributed by atoms with Gasteiger partial charge >= 0.3 is 0 Å². The zero-order valence-electron chi connectivity index (χ0n) is 11.4. The van der Waals surface area contributed by atoms with Crippen molar-refractivity contribution in [1.29, 1.82) is 0 Å². The average molecular weight is 233 g/mol. The summed E-state index contributed by atoms with van der Waals surface area (Å²) in [5.74, 6) is 0.652. The second-order valence-electron chi connectivity index (χ2n) is 6.07. The lowest BCUT2D eigenvalue weighted by atomic mass is 9.69. The van der Waals surface area contributed by atoms with Crippen LogP contribution in [0.4, 0.5) is 0 Å². The van der Waals surface area contributed by atoms with E-state index in [4.69, 9.17) is 4.74 Å². The van der Waals surface area contributed by atoms with E-state index >= 15 is 0 Å². The molecule has 0 unspecified atom stereocenters. The van der Waals surface area contributed by atoms with Crippen molar-refractivity contribution >= 4 is 0 Å². The first-order chi connectivity index (χ1) is 7.92. The molecule has 0 aromatic carbocycles. The molecule has 0 saturated carbocycles. The first-order valence-electron chi connectivity index (χ1n) is 6.52. The molecular weight excluding hydrogens is 210 g/mol. The largest absolute Gasteiger partial charge is 0.369 e. The van der Waals surface area contributed by atoms with Crippen LogP contribution in [0.25, 0.3) is 0 Å². The molecule has 1 aromatic heterocycles. The number of nitrogens with zero attached hydrogens (tertiary/aromatic N) is 1. The maximum Gasteiger partial charge on any atom is 0.0689 e. The molecule has 0 atom stereocenters. The van der Waals surface area contributed by atoms with Crippen LogP contribution < -0.4 is 0 Å². The normalized spacial score (nSPS) is 22.1. The summed E-state index contributed by atoms with van der Waals surface area (Å²) in [6.45, 7) is 8.79. The summed E-state index contributed by atoms with van der Waals surface area (Å²) in [4.78, 5) is 4.36. The number of aryl methyl sites for hydroxylation is 1. The van der Waals surface area contributed by atoms with Crippen LogP contribution in [0.5, 0.6) is 0 Å². The Kier molecular flexibility index (Phi) is 3.26. The number of ether oxygens (including phenoxy) is 1. The van der Waals surface area contributed by atoms with Crippen molar-refractivity contribution in [2.75, 3.05) is 0 Å². The van der Waals surface area contributed by atoms with Crippen LogP contribution in [0.1, 0.15) is 46.2 Å². The first-order valence-corrected chi connectivity index (χ1v) is 6.52. The molecule has 17 heavy (non-hydrogen) atoms. The highest BCUT2D eigenvalue weighted by Crippen LogP contribution is 2.48. The summed E-state index contributed by atoms with van der Waals surface area (Å²) < 4.78 is 5.91. The molecule has 0 amide bonds. The van der Waals surface area contributed by atoms with Crippen LogP contribution in [0.2, 0.25) is 0 Å². The molecule has 94 valence electrons. The quantitative estimate of drug-likeness (QED) is 0.792. The Balaban J connectivity index is 1.83. The van der Waals surface area contributed by atoms with Gasteiger partial charge in [0, 0.05) is 17.8 Å². The Labute approximate surface area is 104 Å². The van der Waals surface area contributed by atoms with Crippen molar-refractivity contribution in [2.24, 2.45) is 5.92 Å². The second kappa shape index (κ2) is 4.41. The molecule has 2 rings (SSSR count). The van der Waals surface area contributed by atoms with Gasteiger partial charge in [-0.3, -0.25) is 4.98 Å². The van der Waals surface area contributed by atoms with Gasteiger partial charge in [0.1, 0.15) is 0 Å². The van der Waals surface area contributed by atoms with E-state index in [-0.39, 0.29) is 11.2 Å². The van der Waals surface area contributed by atoms with Gasteiger partial charge in [0.15, 0.2) is 0 Å². The zero-order valence-corrected chi connectivity index (χ0v) is 11.4. The van der Waals surface area contributed by atoms with E-state index in [1.165, 1.54) is 18.5 Å². The van der Waals surface area contributed by atoms with E-state index in [1.54, 1.807) is 0 Å². The fraction of sp³-hybridized carbons (Fsp3) is 0.667. The summed E-state index contributed by atoms with van der Waals surface area (Å²) in [5, 5.41) is 0. The summed E-state index contributed by atoms with van der Waals surface area (Å²) in [6, 6.07) is 6.13. The highest BCUT2D eigenvalue weighted by Gasteiger charge is 2.53. The minimum Gasteiger partial charge on any atom is -0.369 e. The van der Waals surface area contributed by atoms with E-state index in [0.29, 0.717) is 5.92 Å². The molecular formula is C15H23NO. The third-order valence-electron chi connectivity index (χ3n) is 3.86. The van der Waals surface area contributed by atoms with Crippen LogP contribution in [0, 0.1) is 5.92 Å². The summed E-state index contributed by atoms with van der Waals surface area (Å²) in [5.41, 5.74) is 1.30. The van der Waals surface area contributed by atoms with Gasteiger partial charge in [-0.05, 0) is 59.1 Å². The number of rotatable bonds is 4. The van der Waals surface area contributed by atoms with Gasteiger partial charge in [0.2, 0.25) is 0 Å². The molecule has 2 heterocycles. The maximum absolute atomic E-state index is 5.91. The van der Waals surface area contributed by atoms with Gasteiger partial charge in [-0.25, -0.2) is 0 Å². The number of aromatic nitrogens is 1. The minimum atomic E-state index is 0.0492. The summed E-state index contributed by atoms with van der Waals surface area (Å²) in [7, 11) is 0. The minimum absolute atomic E-state index is 0.0492. The zero-order chi connectivity index (χ0) is 12.5. The Morgan fingerprint density at radius 1 is 1.18 bits per heavy atom. The molecule has 0 aliphatic carbocycles. The predicted molar refractivity (Wildman–Crippen MR) is 69.9 cm³/mol. The van der Waals surface area contributed by atoms with Gasteiger partial charge in [0.25, 0.3) is 0 Å². The Morgan fingerprint density at radius 2 is 1.88 bits per heavy atom. The van der Waals surface area contributed by atoms with E-state index in [9.17, 15) is 0 Å².